The minimum absolute atomic E-state index is 0.00537. The van der Waals surface area contributed by atoms with E-state index in [1.807, 2.05) is 20.0 Å². The summed E-state index contributed by atoms with van der Waals surface area (Å²) in [7, 11) is 0. The van der Waals surface area contributed by atoms with Crippen LogP contribution in [-0.4, -0.2) is 22.0 Å². The highest BCUT2D eigenvalue weighted by Crippen LogP contribution is 2.08. The van der Waals surface area contributed by atoms with Gasteiger partial charge in [-0.05, 0) is 26.7 Å². The first kappa shape index (κ1) is 14.7. The number of carbonyl (C=O) groups excluding carboxylic acids is 1. The Balaban J connectivity index is 1.88. The van der Waals surface area contributed by atoms with E-state index in [9.17, 15) is 4.79 Å². The molecule has 1 rings (SSSR count). The maximum atomic E-state index is 11.3. The summed E-state index contributed by atoms with van der Waals surface area (Å²) < 4.78 is 5.08. The number of nitrogens with one attached hydrogen (secondary N) is 1. The number of aromatic amines is 1. The summed E-state index contributed by atoms with van der Waals surface area (Å²) in [5, 5.41) is 0. The summed E-state index contributed by atoms with van der Waals surface area (Å²) in [6.45, 7) is 3.76. The molecule has 1 aromatic rings. The van der Waals surface area contributed by atoms with Crippen LogP contribution in [0.2, 0.25) is 0 Å². The second kappa shape index (κ2) is 8.72. The Morgan fingerprint density at radius 3 is 2.67 bits per heavy atom. The van der Waals surface area contributed by atoms with Gasteiger partial charge in [-0.25, -0.2) is 4.98 Å². The van der Waals surface area contributed by atoms with E-state index >= 15 is 0 Å². The third-order valence-electron chi connectivity index (χ3n) is 2.72. The van der Waals surface area contributed by atoms with E-state index in [2.05, 4.69) is 9.97 Å². The fraction of sp³-hybridized carbons (Fsp3) is 0.714. The van der Waals surface area contributed by atoms with Crippen LogP contribution in [0.5, 0.6) is 0 Å². The zero-order valence-electron chi connectivity index (χ0n) is 11.4. The molecule has 0 unspecified atom stereocenters. The maximum absolute atomic E-state index is 11.3. The molecule has 4 heteroatoms. The van der Waals surface area contributed by atoms with Crippen LogP contribution in [0.25, 0.3) is 0 Å². The Labute approximate surface area is 109 Å². The lowest BCUT2D eigenvalue weighted by atomic mass is 10.1. The Morgan fingerprint density at radius 2 is 2.00 bits per heavy atom. The van der Waals surface area contributed by atoms with Gasteiger partial charge in [-0.3, -0.25) is 4.79 Å². The van der Waals surface area contributed by atoms with Crippen molar-refractivity contribution in [3.8, 4) is 0 Å². The first-order valence-electron chi connectivity index (χ1n) is 6.86. The van der Waals surface area contributed by atoms with Gasteiger partial charge >= 0.3 is 5.97 Å². The Hall–Kier alpha value is -1.32. The van der Waals surface area contributed by atoms with Gasteiger partial charge in [0.25, 0.3) is 0 Å². The topological polar surface area (TPSA) is 55.0 Å². The molecule has 0 aromatic carbocycles. The van der Waals surface area contributed by atoms with Gasteiger partial charge in [-0.1, -0.05) is 19.3 Å². The minimum Gasteiger partial charge on any atom is -0.463 e. The summed E-state index contributed by atoms with van der Waals surface area (Å²) in [4.78, 5) is 18.5. The van der Waals surface area contributed by atoms with Crippen LogP contribution >= 0.6 is 0 Å². The number of aromatic nitrogens is 2. The third kappa shape index (κ3) is 7.09. The van der Waals surface area contributed by atoms with E-state index in [-0.39, 0.29) is 12.1 Å². The number of esters is 1. The molecule has 0 saturated heterocycles. The monoisotopic (exact) mass is 252 g/mol. The highest BCUT2D eigenvalue weighted by Gasteiger charge is 2.04. The standard InChI is InChI=1S/C14H24N2O2/c1-12(2)18-14(17)9-7-5-3-4-6-8-13-15-10-11-16-13/h10-12H,3-9H2,1-2H3,(H,15,16). The lowest BCUT2D eigenvalue weighted by Gasteiger charge is -2.07. The highest BCUT2D eigenvalue weighted by atomic mass is 16.5. The van der Waals surface area contributed by atoms with E-state index in [0.29, 0.717) is 6.42 Å². The van der Waals surface area contributed by atoms with Gasteiger partial charge in [0, 0.05) is 25.2 Å². The van der Waals surface area contributed by atoms with Gasteiger partial charge in [0.1, 0.15) is 5.82 Å². The van der Waals surface area contributed by atoms with Crippen molar-refractivity contribution in [3.63, 3.8) is 0 Å². The van der Waals surface area contributed by atoms with Gasteiger partial charge in [0.2, 0.25) is 0 Å². The molecule has 0 atom stereocenters. The van der Waals surface area contributed by atoms with E-state index in [1.165, 1.54) is 12.8 Å². The average Bonchev–Trinajstić information content (AvgIpc) is 2.79. The van der Waals surface area contributed by atoms with Crippen LogP contribution in [-0.2, 0) is 16.0 Å². The molecule has 0 radical (unpaired) electrons. The number of carbonyl (C=O) groups is 1. The molecule has 0 saturated carbocycles. The number of ether oxygens (including phenoxy) is 1. The molecule has 1 N–H and O–H groups in total. The predicted molar refractivity (Wildman–Crippen MR) is 71.2 cm³/mol. The number of H-pyrrole nitrogens is 1. The van der Waals surface area contributed by atoms with Crippen molar-refractivity contribution >= 4 is 5.97 Å². The van der Waals surface area contributed by atoms with Gasteiger partial charge in [-0.2, -0.15) is 0 Å². The Morgan fingerprint density at radius 1 is 1.28 bits per heavy atom. The fourth-order valence-corrected chi connectivity index (χ4v) is 1.85. The Kier molecular flexibility index (Phi) is 7.14. The van der Waals surface area contributed by atoms with Gasteiger partial charge in [-0.15, -0.1) is 0 Å². The quantitative estimate of drug-likeness (QED) is 0.542. The summed E-state index contributed by atoms with van der Waals surface area (Å²) in [6.07, 6.45) is 10.8. The van der Waals surface area contributed by atoms with Crippen LogP contribution in [0.1, 0.15) is 58.2 Å². The number of unbranched alkanes of at least 4 members (excludes halogenated alkanes) is 4. The van der Waals surface area contributed by atoms with E-state index in [4.69, 9.17) is 4.74 Å². The van der Waals surface area contributed by atoms with E-state index in [0.717, 1.165) is 31.5 Å². The predicted octanol–water partition coefficient (Wildman–Crippen LogP) is 3.24. The zero-order valence-corrected chi connectivity index (χ0v) is 11.4. The molecule has 0 spiro atoms. The molecular formula is C14H24N2O2. The molecular weight excluding hydrogens is 228 g/mol. The average molecular weight is 252 g/mol. The van der Waals surface area contributed by atoms with Gasteiger partial charge in [0.05, 0.1) is 6.10 Å². The van der Waals surface area contributed by atoms with Crippen LogP contribution < -0.4 is 0 Å². The van der Waals surface area contributed by atoms with Crippen molar-refractivity contribution in [2.75, 3.05) is 0 Å². The second-order valence-electron chi connectivity index (χ2n) is 4.84. The van der Waals surface area contributed by atoms with Gasteiger partial charge < -0.3 is 9.72 Å². The smallest absolute Gasteiger partial charge is 0.306 e. The van der Waals surface area contributed by atoms with E-state index < -0.39 is 0 Å². The van der Waals surface area contributed by atoms with Crippen molar-refractivity contribution < 1.29 is 9.53 Å². The largest absolute Gasteiger partial charge is 0.463 e. The van der Waals surface area contributed by atoms with Gasteiger partial charge in [0.15, 0.2) is 0 Å². The highest BCUT2D eigenvalue weighted by molar-refractivity contribution is 5.69. The van der Waals surface area contributed by atoms with Crippen molar-refractivity contribution in [3.05, 3.63) is 18.2 Å². The third-order valence-corrected chi connectivity index (χ3v) is 2.72. The number of hydrogen-bond acceptors (Lipinski definition) is 3. The number of hydrogen-bond donors (Lipinski definition) is 1. The SMILES string of the molecule is CC(C)OC(=O)CCCCCCCc1ncc[nH]1. The van der Waals surface area contributed by atoms with Crippen LogP contribution in [0.4, 0.5) is 0 Å². The first-order chi connectivity index (χ1) is 8.68. The number of aryl methyl sites for hydroxylation is 1. The molecule has 0 aliphatic heterocycles. The van der Waals surface area contributed by atoms with Crippen LogP contribution in [0.3, 0.4) is 0 Å². The number of rotatable bonds is 9. The van der Waals surface area contributed by atoms with Crippen molar-refractivity contribution in [2.45, 2.75) is 64.9 Å². The minimum atomic E-state index is -0.0689. The molecule has 0 aliphatic rings. The molecule has 1 heterocycles. The first-order valence-corrected chi connectivity index (χ1v) is 6.86. The summed E-state index contributed by atoms with van der Waals surface area (Å²) >= 11 is 0. The van der Waals surface area contributed by atoms with Crippen LogP contribution in [0, 0.1) is 0 Å². The molecule has 4 nitrogen and oxygen atoms in total. The normalized spacial score (nSPS) is 10.8. The summed E-state index contributed by atoms with van der Waals surface area (Å²) in [5.74, 6) is 0.996. The molecule has 0 fully saturated rings. The zero-order chi connectivity index (χ0) is 13.2. The van der Waals surface area contributed by atoms with Crippen molar-refractivity contribution in [1.29, 1.82) is 0 Å². The maximum Gasteiger partial charge on any atom is 0.306 e. The number of imidazole rings is 1. The molecule has 0 amide bonds. The fourth-order valence-electron chi connectivity index (χ4n) is 1.85. The molecule has 102 valence electrons. The lowest BCUT2D eigenvalue weighted by Crippen LogP contribution is -2.10. The van der Waals surface area contributed by atoms with Crippen molar-refractivity contribution in [2.24, 2.45) is 0 Å². The Bertz CT molecular complexity index is 321. The lowest BCUT2D eigenvalue weighted by molar-refractivity contribution is -0.147. The second-order valence-corrected chi connectivity index (χ2v) is 4.84. The molecule has 18 heavy (non-hydrogen) atoms. The van der Waals surface area contributed by atoms with Crippen molar-refractivity contribution in [1.82, 2.24) is 9.97 Å². The van der Waals surface area contributed by atoms with E-state index in [1.54, 1.807) is 6.20 Å². The molecule has 1 aromatic heterocycles. The summed E-state index contributed by atoms with van der Waals surface area (Å²) in [5.41, 5.74) is 0. The molecule has 0 bridgehead atoms. The number of nitrogens with zero attached hydrogens (tertiary/aromatic N) is 1. The summed E-state index contributed by atoms with van der Waals surface area (Å²) in [6, 6.07) is 0. The molecule has 0 aliphatic carbocycles. The van der Waals surface area contributed by atoms with Crippen LogP contribution in [0.15, 0.2) is 12.4 Å².